The minimum absolute atomic E-state index is 0.0597. The number of carbonyl (C=O) groups excluding carboxylic acids is 2. The van der Waals surface area contributed by atoms with Crippen LogP contribution in [0.25, 0.3) is 0 Å². The van der Waals surface area contributed by atoms with Crippen molar-refractivity contribution in [2.75, 3.05) is 6.54 Å². The Bertz CT molecular complexity index is 340. The maximum atomic E-state index is 11.1. The van der Waals surface area contributed by atoms with Gasteiger partial charge in [-0.1, -0.05) is 0 Å². The van der Waals surface area contributed by atoms with E-state index in [9.17, 15) is 9.59 Å². The van der Waals surface area contributed by atoms with Crippen molar-refractivity contribution >= 4 is 12.4 Å². The van der Waals surface area contributed by atoms with Gasteiger partial charge in [0.1, 0.15) is 0 Å². The molecule has 1 amide bonds. The molecule has 0 spiro atoms. The van der Waals surface area contributed by atoms with Crippen LogP contribution in [0.1, 0.15) is 6.42 Å². The Hall–Kier alpha value is -2.18. The van der Waals surface area contributed by atoms with Gasteiger partial charge in [-0.2, -0.15) is 0 Å². The van der Waals surface area contributed by atoms with Gasteiger partial charge < -0.3 is 20.4 Å². The van der Waals surface area contributed by atoms with E-state index in [-0.39, 0.29) is 24.7 Å². The van der Waals surface area contributed by atoms with Gasteiger partial charge in [0.15, 0.2) is 0 Å². The first-order valence-electron chi connectivity index (χ1n) is 4.13. The second-order valence-electron chi connectivity index (χ2n) is 2.63. The summed E-state index contributed by atoms with van der Waals surface area (Å²) in [6, 6.07) is 2.35. The van der Waals surface area contributed by atoms with E-state index in [4.69, 9.17) is 10.2 Å². The molecule has 0 unspecified atom stereocenters. The first kappa shape index (κ1) is 10.9. The SMILES string of the molecule is O=CNCCC(=O)On1c(O)ccc1O. The van der Waals surface area contributed by atoms with Crippen molar-refractivity contribution in [3.8, 4) is 11.8 Å². The third kappa shape index (κ3) is 2.90. The summed E-state index contributed by atoms with van der Waals surface area (Å²) >= 11 is 0. The third-order valence-corrected chi connectivity index (χ3v) is 1.55. The summed E-state index contributed by atoms with van der Waals surface area (Å²) in [5.41, 5.74) is 0. The van der Waals surface area contributed by atoms with Crippen molar-refractivity contribution in [2.24, 2.45) is 0 Å². The van der Waals surface area contributed by atoms with Gasteiger partial charge in [0, 0.05) is 18.7 Å². The molecule has 0 aliphatic carbocycles. The number of nitrogens with zero attached hydrogens (tertiary/aromatic N) is 1. The van der Waals surface area contributed by atoms with Crippen molar-refractivity contribution in [2.45, 2.75) is 6.42 Å². The van der Waals surface area contributed by atoms with Gasteiger partial charge in [-0.15, -0.1) is 4.73 Å². The summed E-state index contributed by atoms with van der Waals surface area (Å²) in [4.78, 5) is 25.5. The summed E-state index contributed by atoms with van der Waals surface area (Å²) < 4.78 is 0.587. The Balaban J connectivity index is 2.47. The van der Waals surface area contributed by atoms with Crippen LogP contribution in [0.5, 0.6) is 11.8 Å². The lowest BCUT2D eigenvalue weighted by atomic mass is 10.4. The molecule has 0 saturated heterocycles. The molecule has 3 N–H and O–H groups in total. The Morgan fingerprint density at radius 3 is 2.60 bits per heavy atom. The lowest BCUT2D eigenvalue weighted by molar-refractivity contribution is -0.145. The van der Waals surface area contributed by atoms with Crippen LogP contribution in [0.3, 0.4) is 0 Å². The average molecular weight is 214 g/mol. The first-order chi connectivity index (χ1) is 7.15. The highest BCUT2D eigenvalue weighted by atomic mass is 16.7. The van der Waals surface area contributed by atoms with Crippen LogP contribution in [0.15, 0.2) is 12.1 Å². The van der Waals surface area contributed by atoms with Gasteiger partial charge in [-0.05, 0) is 0 Å². The topological polar surface area (TPSA) is 101 Å². The zero-order valence-corrected chi connectivity index (χ0v) is 7.71. The number of carbonyl (C=O) groups is 2. The van der Waals surface area contributed by atoms with Gasteiger partial charge in [0.2, 0.25) is 18.2 Å². The minimum atomic E-state index is -0.689. The maximum absolute atomic E-state index is 11.1. The molecule has 0 aliphatic heterocycles. The molecule has 0 bridgehead atoms. The van der Waals surface area contributed by atoms with Crippen LogP contribution in [0.4, 0.5) is 0 Å². The van der Waals surface area contributed by atoms with E-state index in [2.05, 4.69) is 10.2 Å². The predicted molar refractivity (Wildman–Crippen MR) is 48.0 cm³/mol. The van der Waals surface area contributed by atoms with E-state index < -0.39 is 5.97 Å². The predicted octanol–water partition coefficient (Wildman–Crippen LogP) is -1.01. The summed E-state index contributed by atoms with van der Waals surface area (Å²) in [6.45, 7) is 0.130. The van der Waals surface area contributed by atoms with Gasteiger partial charge in [0.05, 0.1) is 6.42 Å². The number of hydrogen-bond donors (Lipinski definition) is 3. The molecule has 1 aromatic rings. The zero-order valence-electron chi connectivity index (χ0n) is 7.71. The average Bonchev–Trinajstić information content (AvgIpc) is 2.50. The molecule has 0 aromatic carbocycles. The van der Waals surface area contributed by atoms with E-state index in [1.54, 1.807) is 0 Å². The lowest BCUT2D eigenvalue weighted by Gasteiger charge is -2.06. The molecule has 7 heteroatoms. The van der Waals surface area contributed by atoms with Crippen LogP contribution >= 0.6 is 0 Å². The van der Waals surface area contributed by atoms with Gasteiger partial charge in [0.25, 0.3) is 0 Å². The normalized spacial score (nSPS) is 9.60. The number of aromatic hydroxyl groups is 2. The minimum Gasteiger partial charge on any atom is -0.492 e. The quantitative estimate of drug-likeness (QED) is 0.430. The van der Waals surface area contributed by atoms with Crippen molar-refractivity contribution in [1.29, 1.82) is 0 Å². The standard InChI is InChI=1S/C8H10N2O5/c11-5-9-4-3-8(14)15-10-6(12)1-2-7(10)13/h1-2,5,12-13H,3-4H2,(H,9,11). The number of nitrogens with one attached hydrogen (secondary N) is 1. The Morgan fingerprint density at radius 1 is 1.47 bits per heavy atom. The molecule has 82 valence electrons. The van der Waals surface area contributed by atoms with E-state index in [0.717, 1.165) is 0 Å². The van der Waals surface area contributed by atoms with E-state index in [0.29, 0.717) is 11.1 Å². The Kier molecular flexibility index (Phi) is 3.55. The summed E-state index contributed by atoms with van der Waals surface area (Å²) in [5, 5.41) is 20.5. The molecule has 0 aliphatic rings. The number of hydrogen-bond acceptors (Lipinski definition) is 5. The van der Waals surface area contributed by atoms with E-state index in [1.807, 2.05) is 0 Å². The van der Waals surface area contributed by atoms with Crippen molar-refractivity contribution in [3.63, 3.8) is 0 Å². The third-order valence-electron chi connectivity index (χ3n) is 1.55. The van der Waals surface area contributed by atoms with Crippen molar-refractivity contribution in [3.05, 3.63) is 12.1 Å². The number of rotatable bonds is 5. The highest BCUT2D eigenvalue weighted by Crippen LogP contribution is 2.18. The molecule has 15 heavy (non-hydrogen) atoms. The number of aromatic nitrogens is 1. The van der Waals surface area contributed by atoms with Crippen LogP contribution < -0.4 is 10.2 Å². The molecule has 0 radical (unpaired) electrons. The molecule has 7 nitrogen and oxygen atoms in total. The number of amides is 1. The van der Waals surface area contributed by atoms with Gasteiger partial charge in [-0.25, -0.2) is 4.79 Å². The first-order valence-corrected chi connectivity index (χ1v) is 4.13. The zero-order chi connectivity index (χ0) is 11.3. The highest BCUT2D eigenvalue weighted by Gasteiger charge is 2.11. The highest BCUT2D eigenvalue weighted by molar-refractivity contribution is 5.70. The largest absolute Gasteiger partial charge is 0.492 e. The van der Waals surface area contributed by atoms with Crippen LogP contribution in [-0.2, 0) is 9.59 Å². The fourth-order valence-electron chi connectivity index (χ4n) is 0.876. The van der Waals surface area contributed by atoms with Gasteiger partial charge in [-0.3, -0.25) is 4.79 Å². The Morgan fingerprint density at radius 2 is 2.07 bits per heavy atom. The second kappa shape index (κ2) is 4.89. The Labute approximate surface area is 84.8 Å². The molecule has 0 atom stereocenters. The lowest BCUT2D eigenvalue weighted by Crippen LogP contribution is -2.23. The molecular weight excluding hydrogens is 204 g/mol. The molecule has 1 aromatic heterocycles. The van der Waals surface area contributed by atoms with E-state index in [1.165, 1.54) is 12.1 Å². The smallest absolute Gasteiger partial charge is 0.334 e. The summed E-state index contributed by atoms with van der Waals surface area (Å²) in [6.07, 6.45) is 0.397. The van der Waals surface area contributed by atoms with Gasteiger partial charge >= 0.3 is 5.97 Å². The maximum Gasteiger partial charge on any atom is 0.334 e. The summed E-state index contributed by atoms with van der Waals surface area (Å²) in [7, 11) is 0. The van der Waals surface area contributed by atoms with E-state index >= 15 is 0 Å². The van der Waals surface area contributed by atoms with Crippen molar-refractivity contribution in [1.82, 2.24) is 10.0 Å². The van der Waals surface area contributed by atoms with Crippen molar-refractivity contribution < 1.29 is 24.6 Å². The van der Waals surface area contributed by atoms with Crippen LogP contribution in [0.2, 0.25) is 0 Å². The fraction of sp³-hybridized carbons (Fsp3) is 0.250. The monoisotopic (exact) mass is 214 g/mol. The summed E-state index contributed by atoms with van der Waals surface area (Å²) in [5.74, 6) is -1.46. The van der Waals surface area contributed by atoms with Crippen LogP contribution in [0, 0.1) is 0 Å². The van der Waals surface area contributed by atoms with Crippen LogP contribution in [-0.4, -0.2) is 33.9 Å². The molecule has 0 saturated carbocycles. The molecule has 1 rings (SSSR count). The molecule has 0 fully saturated rings. The fourth-order valence-corrected chi connectivity index (χ4v) is 0.876. The molecule has 1 heterocycles. The molecular formula is C8H10N2O5. The second-order valence-corrected chi connectivity index (χ2v) is 2.63.